The molecule has 13 heavy (non-hydrogen) atoms. The van der Waals surface area contributed by atoms with Gasteiger partial charge in [-0.3, -0.25) is 0 Å². The zero-order valence-electron chi connectivity index (χ0n) is 7.93. The number of hydrogen-bond donors (Lipinski definition) is 2. The second kappa shape index (κ2) is 3.91. The minimum absolute atomic E-state index is 0.280. The van der Waals surface area contributed by atoms with E-state index in [0.29, 0.717) is 5.82 Å². The molecule has 1 rings (SSSR count). The predicted octanol–water partition coefficient (Wildman–Crippen LogP) is 1.99. The molecule has 4 nitrogen and oxygen atoms in total. The zero-order valence-corrected chi connectivity index (χ0v) is 9.51. The second-order valence-electron chi connectivity index (χ2n) is 3.03. The Morgan fingerprint density at radius 1 is 1.38 bits per heavy atom. The Kier molecular flexibility index (Phi) is 3.08. The van der Waals surface area contributed by atoms with Crippen LogP contribution in [0.15, 0.2) is 4.47 Å². The Hall–Kier alpha value is -0.840. The maximum Gasteiger partial charge on any atom is 0.146 e. The molecular weight excluding hydrogens is 232 g/mol. The van der Waals surface area contributed by atoms with Crippen LogP contribution in [0.1, 0.15) is 25.6 Å². The zero-order chi connectivity index (χ0) is 10.0. The van der Waals surface area contributed by atoms with Crippen molar-refractivity contribution in [2.24, 2.45) is 0 Å². The van der Waals surface area contributed by atoms with E-state index in [-0.39, 0.29) is 5.92 Å². The van der Waals surface area contributed by atoms with E-state index in [9.17, 15) is 0 Å². The molecule has 1 heterocycles. The summed E-state index contributed by atoms with van der Waals surface area (Å²) < 4.78 is 0.722. The van der Waals surface area contributed by atoms with E-state index < -0.39 is 0 Å². The number of aromatic nitrogens is 2. The first kappa shape index (κ1) is 10.2. The minimum atomic E-state index is 0.280. The highest BCUT2D eigenvalue weighted by Gasteiger charge is 2.10. The molecule has 0 saturated carbocycles. The summed E-state index contributed by atoms with van der Waals surface area (Å²) in [4.78, 5) is 8.46. The molecule has 0 aliphatic heterocycles. The largest absolute Gasteiger partial charge is 0.383 e. The van der Waals surface area contributed by atoms with Crippen LogP contribution >= 0.6 is 15.9 Å². The molecule has 0 aliphatic rings. The van der Waals surface area contributed by atoms with Crippen molar-refractivity contribution in [3.8, 4) is 0 Å². The fourth-order valence-corrected chi connectivity index (χ4v) is 1.28. The lowest BCUT2D eigenvalue weighted by Crippen LogP contribution is -2.06. The van der Waals surface area contributed by atoms with Crippen LogP contribution in [-0.2, 0) is 0 Å². The molecule has 5 heteroatoms. The summed E-state index contributed by atoms with van der Waals surface area (Å²) in [5.74, 6) is 2.24. The van der Waals surface area contributed by atoms with E-state index in [2.05, 4.69) is 31.2 Å². The molecule has 0 bridgehead atoms. The Morgan fingerprint density at radius 2 is 2.00 bits per heavy atom. The van der Waals surface area contributed by atoms with Gasteiger partial charge in [-0.1, -0.05) is 13.8 Å². The maximum absolute atomic E-state index is 5.70. The van der Waals surface area contributed by atoms with Gasteiger partial charge in [-0.25, -0.2) is 9.97 Å². The lowest BCUT2D eigenvalue weighted by atomic mass is 10.2. The van der Waals surface area contributed by atoms with Crippen molar-refractivity contribution in [2.45, 2.75) is 19.8 Å². The molecule has 3 N–H and O–H groups in total. The predicted molar refractivity (Wildman–Crippen MR) is 57.8 cm³/mol. The first-order valence-electron chi connectivity index (χ1n) is 4.07. The molecule has 0 aliphatic carbocycles. The maximum atomic E-state index is 5.70. The van der Waals surface area contributed by atoms with E-state index in [0.717, 1.165) is 16.1 Å². The third kappa shape index (κ3) is 2.09. The highest BCUT2D eigenvalue weighted by molar-refractivity contribution is 9.10. The fourth-order valence-electron chi connectivity index (χ4n) is 0.906. The van der Waals surface area contributed by atoms with Gasteiger partial charge in [0.15, 0.2) is 0 Å². The average Bonchev–Trinajstić information content (AvgIpc) is 2.09. The summed E-state index contributed by atoms with van der Waals surface area (Å²) in [6.07, 6.45) is 0. The van der Waals surface area contributed by atoms with Crippen LogP contribution in [0.3, 0.4) is 0 Å². The second-order valence-corrected chi connectivity index (χ2v) is 3.83. The summed E-state index contributed by atoms with van der Waals surface area (Å²) in [7, 11) is 1.80. The number of nitrogens with two attached hydrogens (primary N) is 1. The number of nitrogens with zero attached hydrogens (tertiary/aromatic N) is 2. The number of rotatable bonds is 2. The minimum Gasteiger partial charge on any atom is -0.383 e. The fraction of sp³-hybridized carbons (Fsp3) is 0.500. The molecule has 1 aromatic rings. The standard InChI is InChI=1S/C8H13BrN4/c1-4(2)7-12-6(10)5(9)8(11-3)13-7/h4H,1-3H3,(H3,10,11,12,13). The van der Waals surface area contributed by atoms with Gasteiger partial charge in [0.25, 0.3) is 0 Å². The summed E-state index contributed by atoms with van der Waals surface area (Å²) in [5.41, 5.74) is 5.70. The molecule has 0 saturated heterocycles. The topological polar surface area (TPSA) is 63.8 Å². The van der Waals surface area contributed by atoms with Gasteiger partial charge in [0.1, 0.15) is 21.9 Å². The van der Waals surface area contributed by atoms with Gasteiger partial charge in [0.2, 0.25) is 0 Å². The molecular formula is C8H13BrN4. The highest BCUT2D eigenvalue weighted by atomic mass is 79.9. The van der Waals surface area contributed by atoms with Crippen LogP contribution in [0.5, 0.6) is 0 Å². The van der Waals surface area contributed by atoms with Gasteiger partial charge in [-0.2, -0.15) is 0 Å². The smallest absolute Gasteiger partial charge is 0.146 e. The van der Waals surface area contributed by atoms with Crippen LogP contribution in [-0.4, -0.2) is 17.0 Å². The van der Waals surface area contributed by atoms with Crippen LogP contribution in [0.4, 0.5) is 11.6 Å². The third-order valence-electron chi connectivity index (χ3n) is 1.65. The van der Waals surface area contributed by atoms with Crippen molar-refractivity contribution in [3.05, 3.63) is 10.3 Å². The SMILES string of the molecule is CNc1nc(C(C)C)nc(N)c1Br. The van der Waals surface area contributed by atoms with Crippen LogP contribution in [0, 0.1) is 0 Å². The Labute approximate surface area is 86.1 Å². The lowest BCUT2D eigenvalue weighted by Gasteiger charge is -2.09. The van der Waals surface area contributed by atoms with Crippen molar-refractivity contribution in [3.63, 3.8) is 0 Å². The van der Waals surface area contributed by atoms with Crippen LogP contribution in [0.25, 0.3) is 0 Å². The lowest BCUT2D eigenvalue weighted by molar-refractivity contribution is 0.777. The quantitative estimate of drug-likeness (QED) is 0.836. The molecule has 0 spiro atoms. The number of nitrogens with one attached hydrogen (secondary N) is 1. The van der Waals surface area contributed by atoms with Gasteiger partial charge >= 0.3 is 0 Å². The van der Waals surface area contributed by atoms with Crippen molar-refractivity contribution in [1.82, 2.24) is 9.97 Å². The summed E-state index contributed by atoms with van der Waals surface area (Å²) in [6, 6.07) is 0. The van der Waals surface area contributed by atoms with Crippen molar-refractivity contribution >= 4 is 27.6 Å². The Morgan fingerprint density at radius 3 is 2.46 bits per heavy atom. The summed E-state index contributed by atoms with van der Waals surface area (Å²) in [5, 5.41) is 2.95. The number of hydrogen-bond acceptors (Lipinski definition) is 4. The first-order chi connectivity index (χ1) is 6.06. The number of anilines is 2. The summed E-state index contributed by atoms with van der Waals surface area (Å²) in [6.45, 7) is 4.06. The van der Waals surface area contributed by atoms with E-state index in [1.807, 2.05) is 13.8 Å². The Bertz CT molecular complexity index is 311. The molecule has 0 unspecified atom stereocenters. The van der Waals surface area contributed by atoms with Gasteiger partial charge in [0, 0.05) is 13.0 Å². The van der Waals surface area contributed by atoms with Crippen LogP contribution < -0.4 is 11.1 Å². The molecule has 0 radical (unpaired) electrons. The van der Waals surface area contributed by atoms with Crippen molar-refractivity contribution < 1.29 is 0 Å². The summed E-state index contributed by atoms with van der Waals surface area (Å²) >= 11 is 3.31. The third-order valence-corrected chi connectivity index (χ3v) is 2.43. The van der Waals surface area contributed by atoms with Gasteiger partial charge in [-0.05, 0) is 15.9 Å². The van der Waals surface area contributed by atoms with E-state index in [4.69, 9.17) is 5.73 Å². The number of nitrogen functional groups attached to an aromatic ring is 1. The molecule has 0 amide bonds. The monoisotopic (exact) mass is 244 g/mol. The molecule has 0 atom stereocenters. The van der Waals surface area contributed by atoms with Gasteiger partial charge < -0.3 is 11.1 Å². The van der Waals surface area contributed by atoms with Crippen molar-refractivity contribution in [1.29, 1.82) is 0 Å². The molecule has 1 aromatic heterocycles. The molecule has 72 valence electrons. The van der Waals surface area contributed by atoms with E-state index in [1.165, 1.54) is 0 Å². The Balaban J connectivity index is 3.22. The average molecular weight is 245 g/mol. The number of halogens is 1. The van der Waals surface area contributed by atoms with E-state index >= 15 is 0 Å². The molecule has 0 fully saturated rings. The molecule has 0 aromatic carbocycles. The highest BCUT2D eigenvalue weighted by Crippen LogP contribution is 2.26. The van der Waals surface area contributed by atoms with Crippen LogP contribution in [0.2, 0.25) is 0 Å². The van der Waals surface area contributed by atoms with Gasteiger partial charge in [0.05, 0.1) is 0 Å². The van der Waals surface area contributed by atoms with E-state index in [1.54, 1.807) is 7.05 Å². The van der Waals surface area contributed by atoms with Crippen molar-refractivity contribution in [2.75, 3.05) is 18.1 Å². The first-order valence-corrected chi connectivity index (χ1v) is 4.86. The normalized spacial score (nSPS) is 10.5. The van der Waals surface area contributed by atoms with Gasteiger partial charge in [-0.15, -0.1) is 0 Å².